The van der Waals surface area contributed by atoms with Crippen molar-refractivity contribution in [3.63, 3.8) is 0 Å². The molecule has 1 aromatic heterocycles. The molecule has 4 heteroatoms. The van der Waals surface area contributed by atoms with Gasteiger partial charge in [-0.2, -0.15) is 0 Å². The second-order valence-corrected chi connectivity index (χ2v) is 6.04. The Kier molecular flexibility index (Phi) is 7.28. The summed E-state index contributed by atoms with van der Waals surface area (Å²) in [5.74, 6) is 0. The first-order valence-corrected chi connectivity index (χ1v) is 7.45. The van der Waals surface area contributed by atoms with Crippen LogP contribution in [0, 0.1) is 0 Å². The molecule has 0 saturated carbocycles. The molecule has 1 rings (SSSR count). The van der Waals surface area contributed by atoms with Crippen molar-refractivity contribution in [1.29, 1.82) is 0 Å². The largest absolute Gasteiger partial charge is 0.320 e. The Morgan fingerprint density at radius 3 is 2.81 bits per heavy atom. The first-order chi connectivity index (χ1) is 7.72. The maximum atomic E-state index is 3.49. The number of nitrogens with zero attached hydrogens (tertiary/aromatic N) is 1. The number of hydrogen-bond acceptors (Lipinski definition) is 3. The topological polar surface area (TPSA) is 15.3 Å². The summed E-state index contributed by atoms with van der Waals surface area (Å²) < 4.78 is 1.20. The normalized spacial score (nSPS) is 11.2. The maximum absolute atomic E-state index is 3.49. The lowest BCUT2D eigenvalue weighted by atomic mass is 10.2. The van der Waals surface area contributed by atoms with Gasteiger partial charge in [0.25, 0.3) is 0 Å². The van der Waals surface area contributed by atoms with Gasteiger partial charge in [-0.3, -0.25) is 0 Å². The second kappa shape index (κ2) is 8.23. The molecule has 0 aliphatic rings. The van der Waals surface area contributed by atoms with Crippen molar-refractivity contribution in [2.24, 2.45) is 0 Å². The average Bonchev–Trinajstić information content (AvgIpc) is 2.63. The Bertz CT molecular complexity index is 288. The zero-order valence-electron chi connectivity index (χ0n) is 10.1. The molecule has 0 fully saturated rings. The van der Waals surface area contributed by atoms with Gasteiger partial charge in [-0.15, -0.1) is 11.3 Å². The summed E-state index contributed by atoms with van der Waals surface area (Å²) in [7, 11) is 4.21. The van der Waals surface area contributed by atoms with Crippen molar-refractivity contribution < 1.29 is 0 Å². The molecule has 0 unspecified atom stereocenters. The van der Waals surface area contributed by atoms with E-state index in [0.29, 0.717) is 0 Å². The van der Waals surface area contributed by atoms with E-state index >= 15 is 0 Å². The third-order valence-corrected chi connectivity index (χ3v) is 4.20. The van der Waals surface area contributed by atoms with Crippen molar-refractivity contribution in [1.82, 2.24) is 10.2 Å². The number of nitrogens with one attached hydrogen (secondary N) is 1. The molecular weight excluding hydrogens is 284 g/mol. The predicted octanol–water partition coefficient (Wildman–Crippen LogP) is 3.33. The lowest BCUT2D eigenvalue weighted by Gasteiger charge is -2.15. The van der Waals surface area contributed by atoms with E-state index in [1.165, 1.54) is 35.2 Å². The second-order valence-electron chi connectivity index (χ2n) is 4.13. The Balaban J connectivity index is 2.09. The molecule has 0 radical (unpaired) electrons. The van der Waals surface area contributed by atoms with Crippen molar-refractivity contribution in [3.05, 3.63) is 20.8 Å². The van der Waals surface area contributed by atoms with Crippen molar-refractivity contribution >= 4 is 27.3 Å². The summed E-state index contributed by atoms with van der Waals surface area (Å²) in [5.41, 5.74) is 0. The van der Waals surface area contributed by atoms with E-state index in [-0.39, 0.29) is 0 Å². The van der Waals surface area contributed by atoms with Crippen LogP contribution in [0.5, 0.6) is 0 Å². The van der Waals surface area contributed by atoms with Gasteiger partial charge in [0.1, 0.15) is 0 Å². The van der Waals surface area contributed by atoms with Crippen LogP contribution in [0.15, 0.2) is 15.9 Å². The van der Waals surface area contributed by atoms with Crippen LogP contribution in [0.2, 0.25) is 0 Å². The van der Waals surface area contributed by atoms with E-state index in [1.54, 1.807) is 0 Å². The highest BCUT2D eigenvalue weighted by atomic mass is 79.9. The molecule has 2 nitrogen and oxygen atoms in total. The van der Waals surface area contributed by atoms with Gasteiger partial charge in [0, 0.05) is 21.3 Å². The van der Waals surface area contributed by atoms with Crippen LogP contribution >= 0.6 is 27.3 Å². The van der Waals surface area contributed by atoms with Crippen LogP contribution in [-0.2, 0) is 6.54 Å². The standard InChI is InChI=1S/C12H21BrN2S/c1-14-6-4-3-5-7-15(2)9-12-8-11(13)10-16-12/h8,10,14H,3-7,9H2,1-2H3. The molecule has 1 heterocycles. The van der Waals surface area contributed by atoms with Crippen molar-refractivity contribution in [3.8, 4) is 0 Å². The molecular formula is C12H21BrN2S. The molecule has 0 spiro atoms. The van der Waals surface area contributed by atoms with Gasteiger partial charge in [0.15, 0.2) is 0 Å². The van der Waals surface area contributed by atoms with E-state index < -0.39 is 0 Å². The Hall–Kier alpha value is 0.1000. The zero-order chi connectivity index (χ0) is 11.8. The highest BCUT2D eigenvalue weighted by Gasteiger charge is 2.02. The van der Waals surface area contributed by atoms with Crippen molar-refractivity contribution in [2.45, 2.75) is 25.8 Å². The Morgan fingerprint density at radius 2 is 2.19 bits per heavy atom. The molecule has 92 valence electrons. The molecule has 1 N–H and O–H groups in total. The summed E-state index contributed by atoms with van der Waals surface area (Å²) in [6, 6.07) is 2.21. The van der Waals surface area contributed by atoms with E-state index in [9.17, 15) is 0 Å². The molecule has 0 atom stereocenters. The smallest absolute Gasteiger partial charge is 0.0325 e. The molecule has 0 bridgehead atoms. The van der Waals surface area contributed by atoms with Gasteiger partial charge in [0.2, 0.25) is 0 Å². The molecule has 0 aromatic carbocycles. The number of hydrogen-bond donors (Lipinski definition) is 1. The monoisotopic (exact) mass is 304 g/mol. The number of halogens is 1. The van der Waals surface area contributed by atoms with E-state index in [0.717, 1.165) is 13.1 Å². The minimum Gasteiger partial charge on any atom is -0.320 e. The van der Waals surface area contributed by atoms with Gasteiger partial charge < -0.3 is 10.2 Å². The molecule has 0 amide bonds. The first-order valence-electron chi connectivity index (χ1n) is 5.78. The minimum atomic E-state index is 1.07. The average molecular weight is 305 g/mol. The fourth-order valence-corrected chi connectivity index (χ4v) is 3.17. The van der Waals surface area contributed by atoms with Crippen LogP contribution in [0.4, 0.5) is 0 Å². The fourth-order valence-electron chi connectivity index (χ4n) is 1.64. The van der Waals surface area contributed by atoms with Gasteiger partial charge in [-0.25, -0.2) is 0 Å². The molecule has 0 aliphatic heterocycles. The summed E-state index contributed by atoms with van der Waals surface area (Å²) in [6.07, 6.45) is 3.90. The fraction of sp³-hybridized carbons (Fsp3) is 0.667. The SMILES string of the molecule is CNCCCCCN(C)Cc1cc(Br)cs1. The van der Waals surface area contributed by atoms with Gasteiger partial charge >= 0.3 is 0 Å². The van der Waals surface area contributed by atoms with E-state index in [1.807, 2.05) is 18.4 Å². The summed E-state index contributed by atoms with van der Waals surface area (Å²) in [5, 5.41) is 5.33. The number of unbranched alkanes of at least 4 members (excludes halogenated alkanes) is 2. The summed E-state index contributed by atoms with van der Waals surface area (Å²) in [6.45, 7) is 3.41. The zero-order valence-corrected chi connectivity index (χ0v) is 12.5. The van der Waals surface area contributed by atoms with E-state index in [4.69, 9.17) is 0 Å². The Labute approximate surface area is 111 Å². The molecule has 0 saturated heterocycles. The van der Waals surface area contributed by atoms with Gasteiger partial charge in [-0.1, -0.05) is 6.42 Å². The highest BCUT2D eigenvalue weighted by molar-refractivity contribution is 9.10. The number of thiophene rings is 1. The molecule has 1 aromatic rings. The lowest BCUT2D eigenvalue weighted by Crippen LogP contribution is -2.18. The van der Waals surface area contributed by atoms with Crippen molar-refractivity contribution in [2.75, 3.05) is 27.2 Å². The Morgan fingerprint density at radius 1 is 1.38 bits per heavy atom. The quantitative estimate of drug-likeness (QED) is 0.741. The highest BCUT2D eigenvalue weighted by Crippen LogP contribution is 2.20. The summed E-state index contributed by atoms with van der Waals surface area (Å²) in [4.78, 5) is 3.84. The van der Waals surface area contributed by atoms with Crippen LogP contribution in [0.25, 0.3) is 0 Å². The first kappa shape index (κ1) is 14.2. The van der Waals surface area contributed by atoms with Crippen LogP contribution in [0.1, 0.15) is 24.1 Å². The minimum absolute atomic E-state index is 1.07. The van der Waals surface area contributed by atoms with Gasteiger partial charge in [0.05, 0.1) is 0 Å². The summed E-state index contributed by atoms with van der Waals surface area (Å²) >= 11 is 5.31. The molecule has 16 heavy (non-hydrogen) atoms. The predicted molar refractivity (Wildman–Crippen MR) is 76.1 cm³/mol. The van der Waals surface area contributed by atoms with Gasteiger partial charge in [-0.05, 0) is 62.0 Å². The number of rotatable bonds is 8. The maximum Gasteiger partial charge on any atom is 0.0325 e. The van der Waals surface area contributed by atoms with Crippen LogP contribution < -0.4 is 5.32 Å². The van der Waals surface area contributed by atoms with Crippen LogP contribution in [0.3, 0.4) is 0 Å². The lowest BCUT2D eigenvalue weighted by molar-refractivity contribution is 0.320. The van der Waals surface area contributed by atoms with Crippen LogP contribution in [-0.4, -0.2) is 32.1 Å². The third kappa shape index (κ3) is 5.99. The molecule has 0 aliphatic carbocycles. The van der Waals surface area contributed by atoms with E-state index in [2.05, 4.69) is 44.6 Å². The third-order valence-electron chi connectivity index (χ3n) is 2.51.